The fourth-order valence-electron chi connectivity index (χ4n) is 3.17. The third-order valence-corrected chi connectivity index (χ3v) is 5.89. The van der Waals surface area contributed by atoms with Gasteiger partial charge < -0.3 is 10.2 Å². The molecule has 5 heteroatoms. The number of hydrogen-bond donors (Lipinski definition) is 1. The number of thiophene rings is 1. The van der Waals surface area contributed by atoms with E-state index >= 15 is 0 Å². The molecule has 1 aromatic heterocycles. The smallest absolute Gasteiger partial charge is 0.248 e. The average molecular weight is 306 g/mol. The first-order valence-corrected chi connectivity index (χ1v) is 8.42. The van der Waals surface area contributed by atoms with Crippen LogP contribution >= 0.6 is 11.3 Å². The molecule has 2 atom stereocenters. The monoisotopic (exact) mass is 306 g/mol. The minimum absolute atomic E-state index is 0.00481. The first-order chi connectivity index (χ1) is 9.91. The van der Waals surface area contributed by atoms with Crippen LogP contribution in [0.5, 0.6) is 0 Å². The van der Waals surface area contributed by atoms with E-state index < -0.39 is 5.54 Å². The lowest BCUT2D eigenvalue weighted by atomic mass is 9.93. The summed E-state index contributed by atoms with van der Waals surface area (Å²) in [5.74, 6) is 0.371. The molecule has 114 valence electrons. The summed E-state index contributed by atoms with van der Waals surface area (Å²) < 4.78 is 0. The van der Waals surface area contributed by atoms with Crippen LogP contribution in [0.1, 0.15) is 48.9 Å². The second-order valence-corrected chi connectivity index (χ2v) is 7.72. The van der Waals surface area contributed by atoms with Gasteiger partial charge in [0.25, 0.3) is 0 Å². The van der Waals surface area contributed by atoms with Crippen LogP contribution in [0.15, 0.2) is 12.1 Å². The highest BCUT2D eigenvalue weighted by Crippen LogP contribution is 2.42. The molecule has 2 fully saturated rings. The van der Waals surface area contributed by atoms with Crippen molar-refractivity contribution in [2.24, 2.45) is 5.92 Å². The van der Waals surface area contributed by atoms with Crippen LogP contribution in [-0.2, 0) is 9.59 Å². The summed E-state index contributed by atoms with van der Waals surface area (Å²) in [6.45, 7) is 6.54. The molecule has 21 heavy (non-hydrogen) atoms. The second-order valence-electron chi connectivity index (χ2n) is 6.40. The summed E-state index contributed by atoms with van der Waals surface area (Å²) >= 11 is 1.72. The van der Waals surface area contributed by atoms with Gasteiger partial charge in [0.2, 0.25) is 11.8 Å². The third-order valence-electron chi connectivity index (χ3n) is 4.72. The quantitative estimate of drug-likeness (QED) is 0.933. The van der Waals surface area contributed by atoms with Crippen molar-refractivity contribution >= 4 is 23.2 Å². The van der Waals surface area contributed by atoms with Crippen LogP contribution in [0.25, 0.3) is 0 Å². The highest BCUT2D eigenvalue weighted by molar-refractivity contribution is 7.12. The van der Waals surface area contributed by atoms with Crippen LogP contribution in [0, 0.1) is 12.8 Å². The van der Waals surface area contributed by atoms with Crippen molar-refractivity contribution in [3.63, 3.8) is 0 Å². The Hall–Kier alpha value is -1.36. The van der Waals surface area contributed by atoms with Gasteiger partial charge in [-0.25, -0.2) is 0 Å². The first kappa shape index (κ1) is 14.6. The van der Waals surface area contributed by atoms with Gasteiger partial charge in [-0.2, -0.15) is 0 Å². The average Bonchev–Trinajstić information content (AvgIpc) is 3.21. The van der Waals surface area contributed by atoms with E-state index in [1.54, 1.807) is 11.3 Å². The molecule has 2 heterocycles. The molecule has 1 N–H and O–H groups in total. The van der Waals surface area contributed by atoms with Crippen LogP contribution in [0.3, 0.4) is 0 Å². The number of carbonyl (C=O) groups excluding carboxylic acids is 2. The van der Waals surface area contributed by atoms with Crippen LogP contribution in [-0.4, -0.2) is 28.8 Å². The van der Waals surface area contributed by atoms with Gasteiger partial charge in [-0.15, -0.1) is 11.3 Å². The van der Waals surface area contributed by atoms with E-state index in [4.69, 9.17) is 0 Å². The minimum Gasteiger partial charge on any atom is -0.342 e. The molecule has 0 bridgehead atoms. The highest BCUT2D eigenvalue weighted by atomic mass is 32.1. The molecule has 3 rings (SSSR count). The fourth-order valence-corrected chi connectivity index (χ4v) is 4.11. The van der Waals surface area contributed by atoms with E-state index in [2.05, 4.69) is 31.3 Å². The van der Waals surface area contributed by atoms with Crippen molar-refractivity contribution in [3.8, 4) is 0 Å². The van der Waals surface area contributed by atoms with Crippen molar-refractivity contribution in [2.45, 2.75) is 51.6 Å². The first-order valence-electron chi connectivity index (χ1n) is 7.60. The summed E-state index contributed by atoms with van der Waals surface area (Å²) in [5, 5.41) is 2.98. The molecule has 1 aliphatic heterocycles. The van der Waals surface area contributed by atoms with E-state index in [9.17, 15) is 9.59 Å². The van der Waals surface area contributed by atoms with Crippen molar-refractivity contribution in [3.05, 3.63) is 21.9 Å². The number of rotatable bonds is 3. The maximum Gasteiger partial charge on any atom is 0.248 e. The Labute approximate surface area is 129 Å². The van der Waals surface area contributed by atoms with Crippen molar-refractivity contribution < 1.29 is 9.59 Å². The number of nitrogens with one attached hydrogen (secondary N) is 1. The maximum atomic E-state index is 13.0. The van der Waals surface area contributed by atoms with Crippen molar-refractivity contribution in [2.75, 3.05) is 6.54 Å². The van der Waals surface area contributed by atoms with Gasteiger partial charge in [0, 0.05) is 22.7 Å². The number of hydrogen-bond acceptors (Lipinski definition) is 3. The normalized spacial score (nSPS) is 28.2. The fraction of sp³-hybridized carbons (Fsp3) is 0.625. The van der Waals surface area contributed by atoms with Gasteiger partial charge in [0.15, 0.2) is 0 Å². The predicted octanol–water partition coefficient (Wildman–Crippen LogP) is 2.63. The lowest BCUT2D eigenvalue weighted by Crippen LogP contribution is -2.57. The molecule has 0 spiro atoms. The molecule has 1 aliphatic carbocycles. The van der Waals surface area contributed by atoms with Gasteiger partial charge in [0.1, 0.15) is 5.54 Å². The van der Waals surface area contributed by atoms with Crippen LogP contribution < -0.4 is 5.32 Å². The van der Waals surface area contributed by atoms with Gasteiger partial charge >= 0.3 is 0 Å². The Morgan fingerprint density at radius 2 is 2.10 bits per heavy atom. The zero-order chi connectivity index (χ0) is 15.2. The molecule has 4 nitrogen and oxygen atoms in total. The second kappa shape index (κ2) is 5.13. The Bertz CT molecular complexity index is 579. The van der Waals surface area contributed by atoms with Crippen molar-refractivity contribution in [1.29, 1.82) is 0 Å². The van der Waals surface area contributed by atoms with E-state index in [-0.39, 0.29) is 17.9 Å². The Morgan fingerprint density at radius 3 is 2.67 bits per heavy atom. The largest absolute Gasteiger partial charge is 0.342 e. The highest BCUT2D eigenvalue weighted by Gasteiger charge is 2.51. The third kappa shape index (κ3) is 2.59. The molecule has 1 saturated carbocycles. The topological polar surface area (TPSA) is 49.4 Å². The Balaban J connectivity index is 1.89. The summed E-state index contributed by atoms with van der Waals surface area (Å²) in [6.07, 6.45) is 2.45. The maximum absolute atomic E-state index is 13.0. The molecule has 0 radical (unpaired) electrons. The number of nitrogens with zero attached hydrogens (tertiary/aromatic N) is 1. The number of aryl methyl sites for hydroxylation is 1. The van der Waals surface area contributed by atoms with E-state index in [0.29, 0.717) is 18.9 Å². The van der Waals surface area contributed by atoms with Gasteiger partial charge in [-0.05, 0) is 51.7 Å². The van der Waals surface area contributed by atoms with E-state index in [1.165, 1.54) is 9.75 Å². The van der Waals surface area contributed by atoms with Crippen molar-refractivity contribution in [1.82, 2.24) is 10.2 Å². The summed E-state index contributed by atoms with van der Waals surface area (Å²) in [7, 11) is 0. The van der Waals surface area contributed by atoms with Crippen LogP contribution in [0.2, 0.25) is 0 Å². The molecular formula is C16H22N2O2S. The number of carbonyl (C=O) groups is 2. The molecule has 0 aromatic carbocycles. The molecule has 2 amide bonds. The van der Waals surface area contributed by atoms with Gasteiger partial charge in [-0.1, -0.05) is 0 Å². The molecule has 2 unspecified atom stereocenters. The predicted molar refractivity (Wildman–Crippen MR) is 83.1 cm³/mol. The standard InChI is InChI=1S/C16H22N2O2S/c1-10-4-7-13(21-10)11(2)18-9-8-14(19)17-16(3,15(18)20)12-5-6-12/h4,7,11-12H,5-6,8-9H2,1-3H3,(H,17,19). The Kier molecular flexibility index (Phi) is 3.56. The Morgan fingerprint density at radius 1 is 1.38 bits per heavy atom. The van der Waals surface area contributed by atoms with Gasteiger partial charge in [-0.3, -0.25) is 9.59 Å². The molecule has 2 aliphatic rings. The lowest BCUT2D eigenvalue weighted by Gasteiger charge is -2.35. The number of amides is 2. The molecule has 1 saturated heterocycles. The molecular weight excluding hydrogens is 284 g/mol. The molecule has 1 aromatic rings. The minimum atomic E-state index is -0.714. The zero-order valence-corrected chi connectivity index (χ0v) is 13.6. The summed E-state index contributed by atoms with van der Waals surface area (Å²) in [6, 6.07) is 4.21. The lowest BCUT2D eigenvalue weighted by molar-refractivity contribution is -0.140. The zero-order valence-electron chi connectivity index (χ0n) is 12.8. The van der Waals surface area contributed by atoms with E-state index in [1.807, 2.05) is 11.8 Å². The SMILES string of the molecule is Cc1ccc(C(C)N2CCC(=O)NC(C)(C3CC3)C2=O)s1. The van der Waals surface area contributed by atoms with Crippen LogP contribution in [0.4, 0.5) is 0 Å². The van der Waals surface area contributed by atoms with E-state index in [0.717, 1.165) is 12.8 Å². The summed E-state index contributed by atoms with van der Waals surface area (Å²) in [5.41, 5.74) is -0.714. The summed E-state index contributed by atoms with van der Waals surface area (Å²) in [4.78, 5) is 29.4. The van der Waals surface area contributed by atoms with Gasteiger partial charge in [0.05, 0.1) is 6.04 Å².